The predicted octanol–water partition coefficient (Wildman–Crippen LogP) is 2.38. The van der Waals surface area contributed by atoms with Crippen molar-refractivity contribution in [3.8, 4) is 0 Å². The maximum absolute atomic E-state index is 14.2. The number of aliphatic hydroxyl groups is 1. The molecule has 0 bridgehead atoms. The van der Waals surface area contributed by atoms with Gasteiger partial charge in [-0.15, -0.1) is 0 Å². The number of carbonyl (C=O) groups excluding carboxylic acids is 3. The predicted molar refractivity (Wildman–Crippen MR) is 197 cm³/mol. The highest BCUT2D eigenvalue weighted by atomic mass is 32.2. The van der Waals surface area contributed by atoms with Crippen molar-refractivity contribution in [3.63, 3.8) is 0 Å². The molecule has 0 aromatic heterocycles. The van der Waals surface area contributed by atoms with E-state index in [0.717, 1.165) is 5.56 Å². The Labute approximate surface area is 312 Å². The normalized spacial score (nSPS) is 23.2. The first kappa shape index (κ1) is 40.6. The fourth-order valence-electron chi connectivity index (χ4n) is 7.09. The molecule has 0 saturated carbocycles. The molecule has 14 nitrogen and oxygen atoms in total. The summed E-state index contributed by atoms with van der Waals surface area (Å²) in [4.78, 5) is 40.9. The van der Waals surface area contributed by atoms with E-state index in [1.165, 1.54) is 16.4 Å². The largest absolute Gasteiger partial charge is 0.443 e. The quantitative estimate of drug-likeness (QED) is 0.198. The Morgan fingerprint density at radius 2 is 1.75 bits per heavy atom. The molecule has 3 aliphatic rings. The van der Waals surface area contributed by atoms with Crippen LogP contribution in [-0.2, 0) is 46.8 Å². The average Bonchev–Trinajstić information content (AvgIpc) is 3.89. The third-order valence-electron chi connectivity index (χ3n) is 10.1. The molecular weight excluding hydrogens is 703 g/mol. The van der Waals surface area contributed by atoms with E-state index < -0.39 is 52.7 Å². The van der Waals surface area contributed by atoms with E-state index in [1.54, 1.807) is 17.0 Å². The maximum atomic E-state index is 14.2. The number of nitrogens with one attached hydrogen (secondary N) is 2. The first-order valence-corrected chi connectivity index (χ1v) is 20.0. The lowest BCUT2D eigenvalue weighted by molar-refractivity contribution is -0.140. The molecule has 0 radical (unpaired) electrons. The van der Waals surface area contributed by atoms with Gasteiger partial charge in [-0.3, -0.25) is 9.59 Å². The number of hydrogen-bond acceptors (Lipinski definition) is 10. The molecule has 3 aliphatic heterocycles. The number of rotatable bonds is 16. The van der Waals surface area contributed by atoms with E-state index in [-0.39, 0.29) is 67.1 Å². The minimum atomic E-state index is -4.15. The molecule has 53 heavy (non-hydrogen) atoms. The summed E-state index contributed by atoms with van der Waals surface area (Å²) in [5, 5.41) is 17.3. The highest BCUT2D eigenvalue weighted by molar-refractivity contribution is 7.89. The molecule has 5 N–H and O–H groups in total. The number of nitrogens with zero attached hydrogens (tertiary/aromatic N) is 2. The fourth-order valence-corrected chi connectivity index (χ4v) is 8.78. The van der Waals surface area contributed by atoms with Crippen molar-refractivity contribution in [3.05, 3.63) is 65.7 Å². The average molecular weight is 758 g/mol. The summed E-state index contributed by atoms with van der Waals surface area (Å²) < 4.78 is 46.5. The number of fused-ring (bicyclic) bond motifs is 1. The van der Waals surface area contributed by atoms with Gasteiger partial charge in [-0.25, -0.2) is 13.2 Å². The van der Waals surface area contributed by atoms with Gasteiger partial charge in [0, 0.05) is 26.2 Å². The number of likely N-dealkylation sites (tertiary alicyclic amines) is 1. The molecular formula is C38H55N5O9S. The number of aliphatic hydroxyl groups excluding tert-OH is 1. The standard InChI is InChI=1S/C38H55N5O9S/c1-24(2)21-42(22-32(44)30(19-26-10-6-5-7-11-26)41-38(47)52-33-23-51-37-29(33)15-17-50-37)53(48,49)28-13-8-12-27(18-28)20-40-35(45)31-14-9-16-43(31)36(46)34(39)25(3)4/h5-8,10-13,18,24-25,29-34,37,44H,9,14-17,19-23,39H2,1-4H3,(H,40,45)(H,41,47)/t29-,30-,31-,32+,33-,34-,37+/m0/s1. The van der Waals surface area contributed by atoms with E-state index >= 15 is 0 Å². The smallest absolute Gasteiger partial charge is 0.407 e. The number of benzene rings is 2. The van der Waals surface area contributed by atoms with E-state index in [0.29, 0.717) is 38.0 Å². The van der Waals surface area contributed by atoms with Crippen LogP contribution in [0.3, 0.4) is 0 Å². The van der Waals surface area contributed by atoms with Gasteiger partial charge in [-0.2, -0.15) is 4.31 Å². The first-order valence-electron chi connectivity index (χ1n) is 18.6. The summed E-state index contributed by atoms with van der Waals surface area (Å²) in [7, 11) is -4.15. The highest BCUT2D eigenvalue weighted by Gasteiger charge is 2.44. The van der Waals surface area contributed by atoms with Crippen LogP contribution in [0.15, 0.2) is 59.5 Å². The van der Waals surface area contributed by atoms with Gasteiger partial charge in [0.1, 0.15) is 12.1 Å². The summed E-state index contributed by atoms with van der Waals surface area (Å²) in [6.45, 7) is 8.54. The van der Waals surface area contributed by atoms with Crippen LogP contribution < -0.4 is 16.4 Å². The molecule has 3 saturated heterocycles. The fraction of sp³-hybridized carbons (Fsp3) is 0.605. The van der Waals surface area contributed by atoms with Crippen LogP contribution in [-0.4, -0.2) is 110 Å². The summed E-state index contributed by atoms with van der Waals surface area (Å²) in [5.41, 5.74) is 7.49. The van der Waals surface area contributed by atoms with Gasteiger partial charge in [0.2, 0.25) is 21.8 Å². The van der Waals surface area contributed by atoms with Crippen LogP contribution in [0.2, 0.25) is 0 Å². The monoisotopic (exact) mass is 757 g/mol. The summed E-state index contributed by atoms with van der Waals surface area (Å²) >= 11 is 0. The van der Waals surface area contributed by atoms with Gasteiger partial charge >= 0.3 is 6.09 Å². The number of amides is 3. The first-order chi connectivity index (χ1) is 25.2. The summed E-state index contributed by atoms with van der Waals surface area (Å²) in [6, 6.07) is 13.4. The molecule has 2 aromatic carbocycles. The lowest BCUT2D eigenvalue weighted by atomic mass is 10.0. The Morgan fingerprint density at radius 1 is 1.02 bits per heavy atom. The van der Waals surface area contributed by atoms with Crippen LogP contribution in [0.25, 0.3) is 0 Å². The summed E-state index contributed by atoms with van der Waals surface area (Å²) in [6.07, 6.45) is -0.775. The number of ether oxygens (including phenoxy) is 3. The molecule has 5 rings (SSSR count). The van der Waals surface area contributed by atoms with Crippen LogP contribution in [0.5, 0.6) is 0 Å². The van der Waals surface area contributed by atoms with Crippen molar-refractivity contribution in [2.24, 2.45) is 23.5 Å². The van der Waals surface area contributed by atoms with E-state index in [9.17, 15) is 27.9 Å². The van der Waals surface area contributed by atoms with Gasteiger partial charge in [0.25, 0.3) is 0 Å². The molecule has 7 atom stereocenters. The topological polar surface area (TPSA) is 190 Å². The minimum absolute atomic E-state index is 0.000718. The molecule has 0 spiro atoms. The number of carbonyl (C=O) groups is 3. The molecule has 3 fully saturated rings. The van der Waals surface area contributed by atoms with Crippen molar-refractivity contribution < 1.29 is 42.1 Å². The van der Waals surface area contributed by atoms with E-state index in [2.05, 4.69) is 10.6 Å². The molecule has 3 amide bonds. The zero-order valence-corrected chi connectivity index (χ0v) is 31.9. The zero-order chi connectivity index (χ0) is 38.3. The van der Waals surface area contributed by atoms with Gasteiger partial charge in [-0.1, -0.05) is 70.2 Å². The van der Waals surface area contributed by atoms with Crippen molar-refractivity contribution in [1.29, 1.82) is 0 Å². The zero-order valence-electron chi connectivity index (χ0n) is 31.1. The van der Waals surface area contributed by atoms with Crippen LogP contribution in [0.4, 0.5) is 4.79 Å². The van der Waals surface area contributed by atoms with Crippen LogP contribution in [0.1, 0.15) is 58.1 Å². The molecule has 0 aliphatic carbocycles. The van der Waals surface area contributed by atoms with Crippen molar-refractivity contribution in [1.82, 2.24) is 19.8 Å². The Morgan fingerprint density at radius 3 is 2.47 bits per heavy atom. The number of nitrogens with two attached hydrogens (primary N) is 1. The van der Waals surface area contributed by atoms with Crippen molar-refractivity contribution >= 4 is 27.9 Å². The Kier molecular flexibility index (Phi) is 13.9. The third-order valence-corrected chi connectivity index (χ3v) is 11.9. The lowest BCUT2D eigenvalue weighted by Gasteiger charge is -2.31. The van der Waals surface area contributed by atoms with Crippen LogP contribution in [0, 0.1) is 17.8 Å². The van der Waals surface area contributed by atoms with Crippen molar-refractivity contribution in [2.75, 3.05) is 32.8 Å². The van der Waals surface area contributed by atoms with Gasteiger partial charge in [0.05, 0.1) is 42.2 Å². The second-order valence-electron chi connectivity index (χ2n) is 15.0. The number of hydrogen-bond donors (Lipinski definition) is 4. The highest BCUT2D eigenvalue weighted by Crippen LogP contribution is 2.33. The number of alkyl carbamates (subject to hydrolysis) is 1. The van der Waals surface area contributed by atoms with Gasteiger partial charge < -0.3 is 40.6 Å². The summed E-state index contributed by atoms with van der Waals surface area (Å²) in [5.74, 6) is -0.795. The lowest BCUT2D eigenvalue weighted by Crippen LogP contribution is -2.52. The molecule has 292 valence electrons. The minimum Gasteiger partial charge on any atom is -0.443 e. The Hall–Kier alpha value is -3.60. The number of sulfonamides is 1. The van der Waals surface area contributed by atoms with E-state index in [4.69, 9.17) is 19.9 Å². The second-order valence-corrected chi connectivity index (χ2v) is 17.0. The molecule has 15 heteroatoms. The van der Waals surface area contributed by atoms with Gasteiger partial charge in [-0.05, 0) is 60.8 Å². The molecule has 0 unspecified atom stereocenters. The second kappa shape index (κ2) is 18.2. The van der Waals surface area contributed by atoms with Crippen molar-refractivity contribution in [2.45, 2.75) is 101 Å². The Balaban J connectivity index is 1.27. The maximum Gasteiger partial charge on any atom is 0.407 e. The Bertz CT molecular complexity index is 1660. The van der Waals surface area contributed by atoms with E-state index in [1.807, 2.05) is 58.0 Å². The van der Waals surface area contributed by atoms with Crippen LogP contribution >= 0.6 is 0 Å². The molecule has 2 aromatic rings. The van der Waals surface area contributed by atoms with Gasteiger partial charge in [0.15, 0.2) is 6.29 Å². The molecule has 3 heterocycles. The SMILES string of the molecule is CC(C)CN(C[C@@H](O)[C@H](Cc1ccccc1)NC(=O)O[C@H]1CO[C@H]2OCC[C@H]21)S(=O)(=O)c1cccc(CNC(=O)[C@@H]2CCCN2C(=O)[C@@H](N)C(C)C)c1. The third kappa shape index (κ3) is 10.3.